The average Bonchev–Trinajstić information content (AvgIpc) is 2.87. The molecule has 3 N–H and O–H groups in total. The zero-order valence-corrected chi connectivity index (χ0v) is 12.0. The predicted octanol–water partition coefficient (Wildman–Crippen LogP) is 4.66. The van der Waals surface area contributed by atoms with Crippen LogP contribution in [0.25, 0.3) is 22.2 Å². The number of hydrogen-bond donors (Lipinski definition) is 2. The van der Waals surface area contributed by atoms with Gasteiger partial charge in [0.25, 0.3) is 0 Å². The van der Waals surface area contributed by atoms with Crippen LogP contribution in [0.2, 0.25) is 0 Å². The van der Waals surface area contributed by atoms with E-state index >= 15 is 0 Å². The minimum absolute atomic E-state index is 0.208. The van der Waals surface area contributed by atoms with E-state index in [-0.39, 0.29) is 17.4 Å². The number of rotatable bonds is 3. The van der Waals surface area contributed by atoms with Crippen LogP contribution < -0.4 is 5.73 Å². The summed E-state index contributed by atoms with van der Waals surface area (Å²) in [6.07, 6.45) is 0.610. The molecule has 0 aliphatic carbocycles. The first kappa shape index (κ1) is 14.7. The summed E-state index contributed by atoms with van der Waals surface area (Å²) in [6, 6.07) is 7.52. The van der Waals surface area contributed by atoms with E-state index in [9.17, 15) is 13.2 Å². The second-order valence-corrected chi connectivity index (χ2v) is 5.25. The van der Waals surface area contributed by atoms with Crippen LogP contribution in [0.15, 0.2) is 36.4 Å². The Bertz CT molecular complexity index is 822. The van der Waals surface area contributed by atoms with Gasteiger partial charge in [-0.3, -0.25) is 0 Å². The first-order chi connectivity index (χ1) is 10.5. The molecule has 0 radical (unpaired) electrons. The number of nitrogens with two attached hydrogens (primary N) is 1. The van der Waals surface area contributed by atoms with Gasteiger partial charge in [0.15, 0.2) is 0 Å². The van der Waals surface area contributed by atoms with Crippen LogP contribution >= 0.6 is 0 Å². The highest BCUT2D eigenvalue weighted by molar-refractivity contribution is 5.91. The molecule has 5 heteroatoms. The first-order valence-electron chi connectivity index (χ1n) is 7.03. The maximum absolute atomic E-state index is 14.0. The van der Waals surface area contributed by atoms with Crippen LogP contribution in [-0.2, 0) is 0 Å². The Kier molecular flexibility index (Phi) is 3.66. The van der Waals surface area contributed by atoms with Gasteiger partial charge in [-0.05, 0) is 42.3 Å². The fraction of sp³-hybridized carbons (Fsp3) is 0.176. The van der Waals surface area contributed by atoms with E-state index in [1.807, 2.05) is 6.92 Å². The van der Waals surface area contributed by atoms with Gasteiger partial charge in [-0.15, -0.1) is 0 Å². The molecule has 3 aromatic rings. The number of halogens is 3. The lowest BCUT2D eigenvalue weighted by molar-refractivity contribution is 0.590. The van der Waals surface area contributed by atoms with Crippen molar-refractivity contribution in [3.05, 3.63) is 59.4 Å². The summed E-state index contributed by atoms with van der Waals surface area (Å²) in [5, 5.41) is 0.422. The predicted molar refractivity (Wildman–Crippen MR) is 80.8 cm³/mol. The van der Waals surface area contributed by atoms with Crippen molar-refractivity contribution < 1.29 is 13.2 Å². The standard InChI is InChI=1S/C17H15F3N2/c1-2-14(21)15-12-7-11(19)8-13(20)17(12)22-16(15)9-3-5-10(18)6-4-9/h3-8,14,22H,2,21H2,1H3. The highest BCUT2D eigenvalue weighted by Crippen LogP contribution is 2.36. The fourth-order valence-corrected chi connectivity index (χ4v) is 2.67. The number of H-pyrrole nitrogens is 1. The van der Waals surface area contributed by atoms with Crippen LogP contribution in [0.1, 0.15) is 24.9 Å². The van der Waals surface area contributed by atoms with Crippen LogP contribution in [0.4, 0.5) is 13.2 Å². The summed E-state index contributed by atoms with van der Waals surface area (Å²) in [4.78, 5) is 2.97. The maximum atomic E-state index is 14.0. The molecule has 0 aliphatic rings. The van der Waals surface area contributed by atoms with E-state index in [0.29, 0.717) is 28.6 Å². The number of hydrogen-bond acceptors (Lipinski definition) is 1. The number of benzene rings is 2. The highest BCUT2D eigenvalue weighted by atomic mass is 19.1. The lowest BCUT2D eigenvalue weighted by Gasteiger charge is -2.11. The monoisotopic (exact) mass is 304 g/mol. The highest BCUT2D eigenvalue weighted by Gasteiger charge is 2.20. The molecule has 114 valence electrons. The maximum Gasteiger partial charge on any atom is 0.150 e. The molecule has 0 amide bonds. The van der Waals surface area contributed by atoms with Crippen molar-refractivity contribution in [2.45, 2.75) is 19.4 Å². The zero-order valence-electron chi connectivity index (χ0n) is 12.0. The van der Waals surface area contributed by atoms with Gasteiger partial charge in [0.2, 0.25) is 0 Å². The molecule has 1 unspecified atom stereocenters. The minimum atomic E-state index is -0.673. The van der Waals surface area contributed by atoms with Crippen molar-refractivity contribution in [3.63, 3.8) is 0 Å². The Hall–Kier alpha value is -2.27. The van der Waals surface area contributed by atoms with Crippen LogP contribution in [0.5, 0.6) is 0 Å². The van der Waals surface area contributed by atoms with Crippen LogP contribution in [-0.4, -0.2) is 4.98 Å². The zero-order chi connectivity index (χ0) is 15.9. The van der Waals surface area contributed by atoms with E-state index in [2.05, 4.69) is 4.98 Å². The third-order valence-electron chi connectivity index (χ3n) is 3.81. The van der Waals surface area contributed by atoms with Gasteiger partial charge in [-0.25, -0.2) is 13.2 Å². The molecule has 0 saturated heterocycles. The lowest BCUT2D eigenvalue weighted by atomic mass is 9.98. The Morgan fingerprint density at radius 1 is 1.05 bits per heavy atom. The molecule has 0 aliphatic heterocycles. The van der Waals surface area contributed by atoms with Crippen molar-refractivity contribution in [1.82, 2.24) is 4.98 Å². The van der Waals surface area contributed by atoms with Crippen molar-refractivity contribution >= 4 is 10.9 Å². The number of aromatic amines is 1. The Labute approximate surface area is 125 Å². The second kappa shape index (κ2) is 5.50. The summed E-state index contributed by atoms with van der Waals surface area (Å²) >= 11 is 0. The molecule has 1 atom stereocenters. The summed E-state index contributed by atoms with van der Waals surface area (Å²) in [5.74, 6) is -1.69. The third kappa shape index (κ3) is 2.37. The van der Waals surface area contributed by atoms with E-state index in [1.54, 1.807) is 12.1 Å². The molecular formula is C17H15F3N2. The molecular weight excluding hydrogens is 289 g/mol. The molecule has 0 saturated carbocycles. The summed E-state index contributed by atoms with van der Waals surface area (Å²) in [7, 11) is 0. The molecule has 1 heterocycles. The SMILES string of the molecule is CCC(N)c1c(-c2ccc(F)cc2)[nH]c2c(F)cc(F)cc12. The van der Waals surface area contributed by atoms with E-state index in [0.717, 1.165) is 6.07 Å². The molecule has 0 fully saturated rings. The van der Waals surface area contributed by atoms with Crippen molar-refractivity contribution in [3.8, 4) is 11.3 Å². The Morgan fingerprint density at radius 3 is 2.36 bits per heavy atom. The van der Waals surface area contributed by atoms with Gasteiger partial charge in [-0.1, -0.05) is 6.92 Å². The largest absolute Gasteiger partial charge is 0.352 e. The molecule has 0 bridgehead atoms. The molecule has 0 spiro atoms. The molecule has 2 nitrogen and oxygen atoms in total. The van der Waals surface area contributed by atoms with Gasteiger partial charge in [0.1, 0.15) is 17.5 Å². The molecule has 2 aromatic carbocycles. The Balaban J connectivity index is 2.33. The van der Waals surface area contributed by atoms with Crippen molar-refractivity contribution in [1.29, 1.82) is 0 Å². The van der Waals surface area contributed by atoms with Crippen molar-refractivity contribution in [2.24, 2.45) is 5.73 Å². The van der Waals surface area contributed by atoms with Gasteiger partial charge in [0.05, 0.1) is 11.2 Å². The summed E-state index contributed by atoms with van der Waals surface area (Å²) in [5.41, 5.74) is 8.25. The summed E-state index contributed by atoms with van der Waals surface area (Å²) < 4.78 is 40.7. The molecule has 22 heavy (non-hydrogen) atoms. The molecule has 1 aromatic heterocycles. The van der Waals surface area contributed by atoms with E-state index < -0.39 is 11.6 Å². The topological polar surface area (TPSA) is 41.8 Å². The fourth-order valence-electron chi connectivity index (χ4n) is 2.67. The smallest absolute Gasteiger partial charge is 0.150 e. The van der Waals surface area contributed by atoms with Gasteiger partial charge < -0.3 is 10.7 Å². The third-order valence-corrected chi connectivity index (χ3v) is 3.81. The van der Waals surface area contributed by atoms with Crippen LogP contribution in [0.3, 0.4) is 0 Å². The quantitative estimate of drug-likeness (QED) is 0.726. The first-order valence-corrected chi connectivity index (χ1v) is 7.03. The normalized spacial score (nSPS) is 12.8. The van der Waals surface area contributed by atoms with Gasteiger partial charge in [0, 0.05) is 23.1 Å². The Morgan fingerprint density at radius 2 is 1.73 bits per heavy atom. The molecule has 3 rings (SSSR count). The lowest BCUT2D eigenvalue weighted by Crippen LogP contribution is -2.09. The van der Waals surface area contributed by atoms with Crippen molar-refractivity contribution in [2.75, 3.05) is 0 Å². The van der Waals surface area contributed by atoms with Gasteiger partial charge in [-0.2, -0.15) is 0 Å². The number of nitrogens with one attached hydrogen (secondary N) is 1. The van der Waals surface area contributed by atoms with E-state index in [1.165, 1.54) is 18.2 Å². The summed E-state index contributed by atoms with van der Waals surface area (Å²) in [6.45, 7) is 1.90. The number of fused-ring (bicyclic) bond motifs is 1. The van der Waals surface area contributed by atoms with Gasteiger partial charge >= 0.3 is 0 Å². The van der Waals surface area contributed by atoms with E-state index in [4.69, 9.17) is 5.73 Å². The second-order valence-electron chi connectivity index (χ2n) is 5.25. The van der Waals surface area contributed by atoms with Crippen LogP contribution in [0, 0.1) is 17.5 Å². The number of aromatic nitrogens is 1. The average molecular weight is 304 g/mol. The minimum Gasteiger partial charge on any atom is -0.352 e.